The molecule has 1 fully saturated rings. The van der Waals surface area contributed by atoms with Crippen LogP contribution in [-0.2, 0) is 36.8 Å². The number of benzene rings is 4. The first-order valence-electron chi connectivity index (χ1n) is 23.2. The Bertz CT molecular complexity index is 2270. The highest BCUT2D eigenvalue weighted by Gasteiger charge is 2.33. The highest BCUT2D eigenvalue weighted by atomic mass is 16.4. The van der Waals surface area contributed by atoms with Crippen LogP contribution in [0.3, 0.4) is 0 Å². The molecule has 6 rings (SSSR count). The molecule has 0 aromatic heterocycles. The Morgan fingerprint density at radius 2 is 1.52 bits per heavy atom. The van der Waals surface area contributed by atoms with E-state index in [0.717, 1.165) is 68.2 Å². The minimum Gasteiger partial charge on any atom is -0.507 e. The van der Waals surface area contributed by atoms with E-state index in [9.17, 15) is 39.0 Å². The lowest BCUT2D eigenvalue weighted by Gasteiger charge is -2.31. The zero-order valence-electron chi connectivity index (χ0n) is 39.2. The summed E-state index contributed by atoms with van der Waals surface area (Å²) >= 11 is 0. The number of nitrogens with two attached hydrogens (primary N) is 1. The lowest BCUT2D eigenvalue weighted by molar-refractivity contribution is -0.142. The third-order valence-electron chi connectivity index (χ3n) is 11.8. The lowest BCUT2D eigenvalue weighted by Crippen LogP contribution is -2.50. The smallest absolute Gasteiger partial charge is 0.326 e. The van der Waals surface area contributed by atoms with Gasteiger partial charge in [0.25, 0.3) is 5.91 Å². The van der Waals surface area contributed by atoms with Gasteiger partial charge in [0.05, 0.1) is 19.0 Å². The SMILES string of the molecule is CC.CCCCc1ccc(-c2ccc(C(=O)NCC(C)C(=O)NCC(=O)N(C)C3C(=O)NCC(=O)N[C@H](C(=O)O)Cc4ccc(O)c(c4)-c4cc3ccc4C3CCC3)cc2)cc1.CCCN. The molecule has 4 aromatic rings. The molecule has 1 saturated carbocycles. The summed E-state index contributed by atoms with van der Waals surface area (Å²) in [6.45, 7) is 9.66. The Morgan fingerprint density at radius 1 is 0.864 bits per heavy atom. The van der Waals surface area contributed by atoms with Crippen LogP contribution in [0.1, 0.15) is 118 Å². The van der Waals surface area contributed by atoms with Gasteiger partial charge in [0.15, 0.2) is 0 Å². The Kier molecular flexibility index (Phi) is 20.4. The molecule has 8 N–H and O–H groups in total. The summed E-state index contributed by atoms with van der Waals surface area (Å²) in [4.78, 5) is 79.9. The van der Waals surface area contributed by atoms with E-state index < -0.39 is 60.7 Å². The minimum atomic E-state index is -1.30. The largest absolute Gasteiger partial charge is 0.507 e. The summed E-state index contributed by atoms with van der Waals surface area (Å²) in [5.74, 6) is -4.70. The van der Waals surface area contributed by atoms with Gasteiger partial charge in [-0.15, -0.1) is 0 Å². The highest BCUT2D eigenvalue weighted by molar-refractivity contribution is 5.96. The van der Waals surface area contributed by atoms with E-state index in [1.54, 1.807) is 43.3 Å². The van der Waals surface area contributed by atoms with Crippen molar-refractivity contribution in [3.8, 4) is 28.0 Å². The number of carbonyl (C=O) groups is 6. The number of carboxylic acid groups (broad SMARTS) is 1. The van der Waals surface area contributed by atoms with Crippen LogP contribution in [0.25, 0.3) is 22.3 Å². The number of aliphatic carboxylic acids is 1. The monoisotopic (exact) mass is 905 g/mol. The first-order chi connectivity index (χ1) is 31.7. The quantitative estimate of drug-likeness (QED) is 0.0720. The lowest BCUT2D eigenvalue weighted by atomic mass is 9.76. The minimum absolute atomic E-state index is 0.00959. The number of unbranched alkanes of at least 4 members (excludes halogenated alkanes) is 1. The molecule has 4 aromatic carbocycles. The zero-order valence-corrected chi connectivity index (χ0v) is 39.2. The van der Waals surface area contributed by atoms with Crippen molar-refractivity contribution in [2.45, 2.75) is 104 Å². The number of nitrogens with one attached hydrogen (secondary N) is 4. The first-order valence-corrected chi connectivity index (χ1v) is 23.2. The molecule has 14 nitrogen and oxygen atoms in total. The molecule has 2 unspecified atom stereocenters. The summed E-state index contributed by atoms with van der Waals surface area (Å²) in [6.07, 6.45) is 7.28. The summed E-state index contributed by atoms with van der Waals surface area (Å²) in [6, 6.07) is 23.2. The van der Waals surface area contributed by atoms with E-state index in [1.807, 2.05) is 32.0 Å². The number of hydrogen-bond donors (Lipinski definition) is 7. The number of amides is 5. The number of aryl methyl sites for hydroxylation is 1. The van der Waals surface area contributed by atoms with Gasteiger partial charge in [-0.3, -0.25) is 24.0 Å². The van der Waals surface area contributed by atoms with Crippen molar-refractivity contribution >= 4 is 35.5 Å². The van der Waals surface area contributed by atoms with Crippen molar-refractivity contribution in [3.63, 3.8) is 0 Å². The molecular formula is C52H68N6O8. The van der Waals surface area contributed by atoms with Crippen LogP contribution in [-0.4, -0.2) is 89.9 Å². The number of carboxylic acids is 1. The molecule has 354 valence electrons. The maximum Gasteiger partial charge on any atom is 0.326 e. The molecular weight excluding hydrogens is 837 g/mol. The van der Waals surface area contributed by atoms with Gasteiger partial charge in [-0.05, 0) is 114 Å². The predicted octanol–water partition coefficient (Wildman–Crippen LogP) is 6.64. The first kappa shape index (κ1) is 52.1. The van der Waals surface area contributed by atoms with Crippen molar-refractivity contribution in [3.05, 3.63) is 113 Å². The summed E-state index contributed by atoms with van der Waals surface area (Å²) in [5.41, 5.74) is 11.8. The van der Waals surface area contributed by atoms with Crippen LogP contribution < -0.4 is 27.0 Å². The van der Waals surface area contributed by atoms with Crippen LogP contribution in [0, 0.1) is 5.92 Å². The van der Waals surface area contributed by atoms with Gasteiger partial charge >= 0.3 is 5.97 Å². The van der Waals surface area contributed by atoms with Crippen LogP contribution in [0.4, 0.5) is 0 Å². The van der Waals surface area contributed by atoms with Crippen LogP contribution in [0.2, 0.25) is 0 Å². The van der Waals surface area contributed by atoms with E-state index in [0.29, 0.717) is 27.8 Å². The van der Waals surface area contributed by atoms with Crippen LogP contribution >= 0.6 is 0 Å². The average Bonchev–Trinajstić information content (AvgIpc) is 3.31. The van der Waals surface area contributed by atoms with Crippen LogP contribution in [0.5, 0.6) is 5.75 Å². The third kappa shape index (κ3) is 14.2. The van der Waals surface area contributed by atoms with E-state index in [2.05, 4.69) is 59.4 Å². The number of rotatable bonds is 14. The van der Waals surface area contributed by atoms with E-state index >= 15 is 0 Å². The van der Waals surface area contributed by atoms with Gasteiger partial charge in [0, 0.05) is 31.1 Å². The molecule has 1 aliphatic carbocycles. The van der Waals surface area contributed by atoms with Gasteiger partial charge in [-0.1, -0.05) is 102 Å². The van der Waals surface area contributed by atoms with Gasteiger partial charge < -0.3 is 42.1 Å². The molecule has 0 radical (unpaired) electrons. The van der Waals surface area contributed by atoms with Gasteiger partial charge in [0.1, 0.15) is 17.8 Å². The summed E-state index contributed by atoms with van der Waals surface area (Å²) < 4.78 is 0. The molecule has 3 atom stereocenters. The summed E-state index contributed by atoms with van der Waals surface area (Å²) in [7, 11) is 1.41. The fraction of sp³-hybridized carbons (Fsp3) is 0.423. The number of carbonyl (C=O) groups excluding carboxylic acids is 5. The second-order valence-corrected chi connectivity index (χ2v) is 16.6. The average molecular weight is 905 g/mol. The van der Waals surface area contributed by atoms with Crippen molar-refractivity contribution in [2.24, 2.45) is 11.7 Å². The van der Waals surface area contributed by atoms with Crippen molar-refractivity contribution in [2.75, 3.05) is 33.2 Å². The molecule has 2 aliphatic rings. The maximum absolute atomic E-state index is 13.9. The Labute approximate surface area is 389 Å². The van der Waals surface area contributed by atoms with Gasteiger partial charge in [0.2, 0.25) is 23.6 Å². The molecule has 0 saturated heterocycles. The summed E-state index contributed by atoms with van der Waals surface area (Å²) in [5, 5.41) is 31.4. The molecule has 1 aliphatic heterocycles. The molecule has 4 bridgehead atoms. The Hall–Kier alpha value is -6.54. The Morgan fingerprint density at radius 3 is 2.11 bits per heavy atom. The number of hydrogen-bond acceptors (Lipinski definition) is 8. The van der Waals surface area contributed by atoms with Crippen molar-refractivity contribution < 1.29 is 39.0 Å². The number of fused-ring (bicyclic) bond motifs is 5. The van der Waals surface area contributed by atoms with E-state index in [-0.39, 0.29) is 30.5 Å². The molecule has 14 heteroatoms. The molecule has 0 spiro atoms. The van der Waals surface area contributed by atoms with Crippen molar-refractivity contribution in [1.29, 1.82) is 0 Å². The molecule has 5 amide bonds. The second-order valence-electron chi connectivity index (χ2n) is 16.6. The van der Waals surface area contributed by atoms with Gasteiger partial charge in [-0.2, -0.15) is 0 Å². The molecule has 1 heterocycles. The fourth-order valence-corrected chi connectivity index (χ4v) is 7.58. The molecule has 66 heavy (non-hydrogen) atoms. The fourth-order valence-electron chi connectivity index (χ4n) is 7.58. The van der Waals surface area contributed by atoms with Crippen LogP contribution in [0.15, 0.2) is 84.9 Å². The highest BCUT2D eigenvalue weighted by Crippen LogP contribution is 2.44. The topological polar surface area (TPSA) is 220 Å². The van der Waals surface area contributed by atoms with Gasteiger partial charge in [-0.25, -0.2) is 4.79 Å². The third-order valence-corrected chi connectivity index (χ3v) is 11.8. The van der Waals surface area contributed by atoms with E-state index in [1.165, 1.54) is 23.6 Å². The second kappa shape index (κ2) is 25.8. The number of nitrogens with zero attached hydrogens (tertiary/aromatic N) is 1. The maximum atomic E-state index is 13.9. The van der Waals surface area contributed by atoms with E-state index in [4.69, 9.17) is 5.73 Å². The normalized spacial score (nSPS) is 16.2. The number of phenols is 1. The standard InChI is InChI=1S/C47H53N5O8.C3H9N.C2H6/c1-4-5-7-29-10-13-31(14-11-29)32-15-17-34(18-16-32)45(57)48-25-28(2)44(56)50-27-42(55)52(3)43-35-19-20-36(33-8-6-9-33)37(24-35)38-22-30(12-21-40(38)53)23-39(47(59)60)51-41(54)26-49-46(43)58;1-2-3-4;1-2/h10-22,24,28,33,39,43,53H,4-9,23,25-27H2,1-3H3,(H,48,57)(H,49,58)(H,50,56)(H,51,54)(H,59,60);2-4H2,1H3;1-2H3/t28?,39-,43?;;/m0../s1. The number of phenolic OH excluding ortho intramolecular Hbond substituents is 1. The number of likely N-dealkylation sites (N-methyl/N-ethyl adjacent to an activating group) is 1. The Balaban J connectivity index is 0.00000150. The zero-order chi connectivity index (χ0) is 48.3. The number of aromatic hydroxyl groups is 1. The van der Waals surface area contributed by atoms with Crippen molar-refractivity contribution in [1.82, 2.24) is 26.2 Å². The predicted molar refractivity (Wildman–Crippen MR) is 258 cm³/mol.